The van der Waals surface area contributed by atoms with E-state index in [0.29, 0.717) is 31.8 Å². The van der Waals surface area contributed by atoms with Crippen LogP contribution in [0.15, 0.2) is 72.8 Å². The van der Waals surface area contributed by atoms with Gasteiger partial charge in [0.2, 0.25) is 21.8 Å². The molecule has 4 rings (SSSR count). The Labute approximate surface area is 235 Å². The first kappa shape index (κ1) is 29.3. The summed E-state index contributed by atoms with van der Waals surface area (Å²) in [7, 11) is -3.43. The van der Waals surface area contributed by atoms with Crippen molar-refractivity contribution in [2.45, 2.75) is 45.0 Å². The van der Waals surface area contributed by atoms with E-state index in [2.05, 4.69) is 10.0 Å². The Balaban J connectivity index is 1.49. The third-order valence-corrected chi connectivity index (χ3v) is 7.24. The van der Waals surface area contributed by atoms with Gasteiger partial charge in [0.25, 0.3) is 0 Å². The molecule has 9 nitrogen and oxygen atoms in total. The summed E-state index contributed by atoms with van der Waals surface area (Å²) >= 11 is 0. The molecule has 0 bridgehead atoms. The molecule has 4 N–H and O–H groups in total. The maximum absolute atomic E-state index is 13.6. The van der Waals surface area contributed by atoms with E-state index in [1.54, 1.807) is 30.9 Å². The monoisotopic (exact) mass is 564 g/mol. The van der Waals surface area contributed by atoms with Gasteiger partial charge in [-0.25, -0.2) is 8.42 Å². The van der Waals surface area contributed by atoms with Crippen LogP contribution in [0, 0.1) is 0 Å². The molecular weight excluding hydrogens is 528 g/mol. The molecule has 3 aromatic rings. The predicted octanol–water partition coefficient (Wildman–Crippen LogP) is 3.05. The van der Waals surface area contributed by atoms with E-state index >= 15 is 0 Å². The minimum Gasteiger partial charge on any atom is -0.374 e. The van der Waals surface area contributed by atoms with Crippen molar-refractivity contribution in [1.29, 1.82) is 0 Å². The lowest BCUT2D eigenvalue weighted by atomic mass is 9.93. The first-order valence-electron chi connectivity index (χ1n) is 13.1. The number of sulfonamides is 1. The molecule has 1 unspecified atom stereocenters. The molecule has 1 atom stereocenters. The number of carbonyl (C=O) groups is 2. The highest BCUT2D eigenvalue weighted by molar-refractivity contribution is 7.92. The molecule has 1 heterocycles. The number of rotatable bonds is 10. The molecule has 0 saturated carbocycles. The van der Waals surface area contributed by atoms with Crippen molar-refractivity contribution in [2.24, 2.45) is 5.73 Å². The Morgan fingerprint density at radius 3 is 2.42 bits per heavy atom. The van der Waals surface area contributed by atoms with Gasteiger partial charge in [0.1, 0.15) is 6.04 Å². The lowest BCUT2D eigenvalue weighted by molar-refractivity contribution is -0.140. The van der Waals surface area contributed by atoms with E-state index in [1.165, 1.54) is 0 Å². The average Bonchev–Trinajstić information content (AvgIpc) is 2.91. The molecule has 0 aliphatic carbocycles. The second-order valence-electron chi connectivity index (χ2n) is 10.7. The lowest BCUT2D eigenvalue weighted by Gasteiger charge is -2.33. The number of ether oxygens (including phenoxy) is 1. The second kappa shape index (κ2) is 12.2. The first-order valence-corrected chi connectivity index (χ1v) is 15.0. The van der Waals surface area contributed by atoms with E-state index in [9.17, 15) is 18.0 Å². The fourth-order valence-corrected chi connectivity index (χ4v) is 5.12. The second-order valence-corrected chi connectivity index (χ2v) is 12.4. The minimum atomic E-state index is -3.43. The Morgan fingerprint density at radius 2 is 1.73 bits per heavy atom. The quantitative estimate of drug-likeness (QED) is 0.347. The Bertz CT molecular complexity index is 1470. The van der Waals surface area contributed by atoms with Crippen LogP contribution in [-0.2, 0) is 43.9 Å². The fraction of sp³-hybridized carbons (Fsp3) is 0.333. The molecule has 3 aromatic carbocycles. The molecule has 212 valence electrons. The van der Waals surface area contributed by atoms with Crippen LogP contribution in [0.4, 0.5) is 5.69 Å². The van der Waals surface area contributed by atoms with Crippen molar-refractivity contribution < 1.29 is 22.7 Å². The number of amides is 2. The number of hydrogen-bond acceptors (Lipinski definition) is 6. The van der Waals surface area contributed by atoms with Gasteiger partial charge < -0.3 is 20.7 Å². The summed E-state index contributed by atoms with van der Waals surface area (Å²) in [6.07, 6.45) is 1.74. The Hall–Kier alpha value is -3.73. The zero-order valence-electron chi connectivity index (χ0n) is 23.0. The molecule has 0 fully saturated rings. The molecule has 1 aliphatic rings. The van der Waals surface area contributed by atoms with Gasteiger partial charge in [0.15, 0.2) is 0 Å². The number of para-hydroxylation sites is 1. The van der Waals surface area contributed by atoms with Gasteiger partial charge in [0.05, 0.1) is 30.7 Å². The predicted molar refractivity (Wildman–Crippen MR) is 156 cm³/mol. The summed E-state index contributed by atoms with van der Waals surface area (Å²) in [6, 6.07) is 21.9. The van der Waals surface area contributed by atoms with Crippen LogP contribution in [0.25, 0.3) is 11.1 Å². The van der Waals surface area contributed by atoms with Gasteiger partial charge in [-0.15, -0.1) is 0 Å². The van der Waals surface area contributed by atoms with Crippen molar-refractivity contribution in [2.75, 3.05) is 24.1 Å². The SMILES string of the molecule is CC(C)(N)C(=O)NC(COCc1ccccc1)C(=O)N1CCc2cc(-c3ccccc3NS(C)(=O)=O)ccc2C1. The highest BCUT2D eigenvalue weighted by Crippen LogP contribution is 2.31. The van der Waals surface area contributed by atoms with Crippen LogP contribution in [0.2, 0.25) is 0 Å². The normalized spacial score (nSPS) is 14.2. The van der Waals surface area contributed by atoms with Crippen LogP contribution in [0.5, 0.6) is 0 Å². The molecule has 0 aromatic heterocycles. The van der Waals surface area contributed by atoms with E-state index in [4.69, 9.17) is 10.5 Å². The van der Waals surface area contributed by atoms with Gasteiger partial charge in [-0.2, -0.15) is 0 Å². The van der Waals surface area contributed by atoms with Gasteiger partial charge in [0, 0.05) is 18.7 Å². The zero-order valence-corrected chi connectivity index (χ0v) is 23.8. The zero-order chi connectivity index (χ0) is 28.9. The van der Waals surface area contributed by atoms with Crippen molar-refractivity contribution >= 4 is 27.5 Å². The Kier molecular flexibility index (Phi) is 8.92. The van der Waals surface area contributed by atoms with Crippen LogP contribution >= 0.6 is 0 Å². The summed E-state index contributed by atoms with van der Waals surface area (Å²) in [5, 5.41) is 2.78. The number of benzene rings is 3. The molecular formula is C30H36N4O5S. The number of nitrogens with one attached hydrogen (secondary N) is 2. The number of nitrogens with two attached hydrogens (primary N) is 1. The number of hydrogen-bond donors (Lipinski definition) is 3. The van der Waals surface area contributed by atoms with E-state index < -0.39 is 27.5 Å². The molecule has 0 radical (unpaired) electrons. The topological polar surface area (TPSA) is 131 Å². The van der Waals surface area contributed by atoms with Gasteiger partial charge in [-0.05, 0) is 48.6 Å². The Morgan fingerprint density at radius 1 is 1.02 bits per heavy atom. The fourth-order valence-electron chi connectivity index (χ4n) is 4.54. The van der Waals surface area contributed by atoms with Gasteiger partial charge >= 0.3 is 0 Å². The summed E-state index contributed by atoms with van der Waals surface area (Å²) in [4.78, 5) is 28.0. The number of carbonyl (C=O) groups excluding carboxylic acids is 2. The highest BCUT2D eigenvalue weighted by atomic mass is 32.2. The summed E-state index contributed by atoms with van der Waals surface area (Å²) in [6.45, 7) is 4.36. The first-order chi connectivity index (χ1) is 18.9. The van der Waals surface area contributed by atoms with Crippen molar-refractivity contribution in [3.63, 3.8) is 0 Å². The molecule has 0 spiro atoms. The van der Waals surface area contributed by atoms with Crippen LogP contribution in [0.1, 0.15) is 30.5 Å². The van der Waals surface area contributed by atoms with Crippen LogP contribution < -0.4 is 15.8 Å². The third-order valence-electron chi connectivity index (χ3n) is 6.65. The summed E-state index contributed by atoms with van der Waals surface area (Å²) in [5.41, 5.74) is 10.0. The lowest BCUT2D eigenvalue weighted by Crippen LogP contribution is -2.58. The molecule has 10 heteroatoms. The molecule has 1 aliphatic heterocycles. The van der Waals surface area contributed by atoms with Crippen molar-refractivity contribution in [3.8, 4) is 11.1 Å². The minimum absolute atomic E-state index is 0.0158. The average molecular weight is 565 g/mol. The van der Waals surface area contributed by atoms with E-state index in [-0.39, 0.29) is 12.5 Å². The van der Waals surface area contributed by atoms with Crippen LogP contribution in [0.3, 0.4) is 0 Å². The summed E-state index contributed by atoms with van der Waals surface area (Å²) in [5.74, 6) is -0.666. The van der Waals surface area contributed by atoms with E-state index in [1.807, 2.05) is 60.7 Å². The highest BCUT2D eigenvalue weighted by Gasteiger charge is 2.32. The molecule has 2 amide bonds. The maximum Gasteiger partial charge on any atom is 0.247 e. The van der Waals surface area contributed by atoms with E-state index in [0.717, 1.165) is 34.1 Å². The number of nitrogens with zero attached hydrogens (tertiary/aromatic N) is 1. The molecule has 0 saturated heterocycles. The maximum atomic E-state index is 13.6. The summed E-state index contributed by atoms with van der Waals surface area (Å²) < 4.78 is 32.1. The van der Waals surface area contributed by atoms with Crippen molar-refractivity contribution in [3.05, 3.63) is 89.5 Å². The largest absolute Gasteiger partial charge is 0.374 e. The van der Waals surface area contributed by atoms with Crippen molar-refractivity contribution in [1.82, 2.24) is 10.2 Å². The van der Waals surface area contributed by atoms with Crippen LogP contribution in [-0.4, -0.2) is 56.1 Å². The number of anilines is 1. The smallest absolute Gasteiger partial charge is 0.247 e. The van der Waals surface area contributed by atoms with Gasteiger partial charge in [-0.1, -0.05) is 66.7 Å². The van der Waals surface area contributed by atoms with Gasteiger partial charge in [-0.3, -0.25) is 14.3 Å². The number of fused-ring (bicyclic) bond motifs is 1. The third kappa shape index (κ3) is 7.68. The standard InChI is InChI=1S/C30H36N4O5S/c1-30(2,31)29(36)32-27(20-39-19-21-9-5-4-6-10-21)28(35)34-16-15-22-17-23(13-14-24(22)18-34)25-11-7-8-12-26(25)33-40(3,37)38/h4-14,17,27,33H,15-16,18-20,31H2,1-3H3,(H,32,36). The molecule has 40 heavy (non-hydrogen) atoms.